The number of carbonyl (C=O) groups excluding carboxylic acids is 2. The van der Waals surface area contributed by atoms with Crippen molar-refractivity contribution in [2.75, 3.05) is 32.2 Å². The van der Waals surface area contributed by atoms with Gasteiger partial charge in [-0.15, -0.1) is 0 Å². The molecule has 412 valence electrons. The second-order valence-electron chi connectivity index (χ2n) is 22.5. The molecule has 2 unspecified atom stereocenters. The van der Waals surface area contributed by atoms with Gasteiger partial charge in [-0.05, 0) is 181 Å². The van der Waals surface area contributed by atoms with E-state index in [1.165, 1.54) is 88.3 Å². The molecule has 8 aromatic rings. The maximum absolute atomic E-state index is 14.8. The normalized spacial score (nSPS) is 20.0. The highest BCUT2D eigenvalue weighted by Gasteiger charge is 2.48. The van der Waals surface area contributed by atoms with Gasteiger partial charge in [0, 0.05) is 53.5 Å². The smallest absolute Gasteiger partial charge is 0.343 e. The number of unbranched alkanes of at least 4 members (excludes halogenated alkanes) is 2. The molecule has 1 saturated heterocycles. The number of benzene rings is 8. The van der Waals surface area contributed by atoms with E-state index in [1.54, 1.807) is 50.6 Å². The van der Waals surface area contributed by atoms with Gasteiger partial charge in [-0.1, -0.05) is 131 Å². The second-order valence-corrected chi connectivity index (χ2v) is 22.5. The van der Waals surface area contributed by atoms with E-state index in [0.29, 0.717) is 40.7 Å². The quantitative estimate of drug-likeness (QED) is 0.0538. The maximum atomic E-state index is 14.8. The van der Waals surface area contributed by atoms with Crippen LogP contribution in [0.4, 0.5) is 10.1 Å². The summed E-state index contributed by atoms with van der Waals surface area (Å²) >= 11 is 0. The fourth-order valence-electron chi connectivity index (χ4n) is 13.4. The number of esters is 2. The van der Waals surface area contributed by atoms with Crippen LogP contribution >= 0.6 is 0 Å². The van der Waals surface area contributed by atoms with Gasteiger partial charge >= 0.3 is 11.9 Å². The average molecular weight is 1080 g/mol. The van der Waals surface area contributed by atoms with Crippen LogP contribution in [0.3, 0.4) is 0 Å². The Kier molecular flexibility index (Phi) is 15.1. The topological polar surface area (TPSA) is 83.5 Å². The lowest BCUT2D eigenvalue weighted by Crippen LogP contribution is -2.36. The Morgan fingerprint density at radius 2 is 1.30 bits per heavy atom. The summed E-state index contributed by atoms with van der Waals surface area (Å²) in [7, 11) is 3.32. The third-order valence-corrected chi connectivity index (χ3v) is 17.9. The standard InChI is InChI=1S/C72H70FNO7/c1-5-7-9-14-47-17-19-48(20-18-47)49-21-25-52(26-22-49)69(75)79-58-39-29-51(30-40-58)50-23-27-53(28-24-50)70(76)80-65-45-61-62(46-64(65)77-3)68-60(67-66(61)59-15-10-11-16-63(59)71(67,6-2)78-4)41-42-72(81-68,54-31-35-56(73)36-32-54)55-33-37-57(38-34-55)74-43-12-8-13-44-74/h10-11,15-16,21-42,45-48H,5-9,12-14,17-20,43-44H2,1-4H3. The number of anilines is 1. The minimum Gasteiger partial charge on any atom is -0.493 e. The summed E-state index contributed by atoms with van der Waals surface area (Å²) in [5, 5.41) is 1.54. The number of hydrogen-bond donors (Lipinski definition) is 0. The molecule has 2 heterocycles. The van der Waals surface area contributed by atoms with Crippen molar-refractivity contribution in [2.45, 2.75) is 108 Å². The predicted octanol–water partition coefficient (Wildman–Crippen LogP) is 17.6. The number of carbonyl (C=O) groups is 2. The molecule has 2 aliphatic carbocycles. The SMILES string of the molecule is CCCCCC1CCC(c2ccc(C(=O)Oc3ccc(-c4ccc(C(=O)Oc5cc6c7c(c8c(c6cc5OC)OC(c5ccc(F)cc5)(c5ccc(N6CCCCC6)cc5)C=C8)C(CC)(OC)c5ccccc5-7)cc4)cc3)cc2)CC1. The largest absolute Gasteiger partial charge is 0.493 e. The monoisotopic (exact) mass is 1080 g/mol. The molecule has 2 fully saturated rings. The minimum atomic E-state index is -1.16. The van der Waals surface area contributed by atoms with E-state index in [9.17, 15) is 14.0 Å². The van der Waals surface area contributed by atoms with Crippen molar-refractivity contribution in [3.8, 4) is 45.3 Å². The number of nitrogens with zero attached hydrogens (tertiary/aromatic N) is 1. The molecule has 12 rings (SSSR count). The minimum absolute atomic E-state index is 0.242. The highest BCUT2D eigenvalue weighted by molar-refractivity contribution is 6.10. The van der Waals surface area contributed by atoms with E-state index < -0.39 is 23.1 Å². The van der Waals surface area contributed by atoms with Crippen molar-refractivity contribution in [2.24, 2.45) is 5.92 Å². The van der Waals surface area contributed by atoms with E-state index in [4.69, 9.17) is 23.7 Å². The van der Waals surface area contributed by atoms with Gasteiger partial charge in [0.2, 0.25) is 0 Å². The molecule has 81 heavy (non-hydrogen) atoms. The van der Waals surface area contributed by atoms with Crippen LogP contribution in [0, 0.1) is 11.7 Å². The van der Waals surface area contributed by atoms with E-state index in [2.05, 4.69) is 79.4 Å². The summed E-state index contributed by atoms with van der Waals surface area (Å²) in [5.74, 6) is 1.75. The van der Waals surface area contributed by atoms with E-state index in [-0.39, 0.29) is 11.6 Å². The first-order valence-electron chi connectivity index (χ1n) is 29.3. The Bertz CT molecular complexity index is 3610. The molecule has 0 radical (unpaired) electrons. The van der Waals surface area contributed by atoms with Crippen molar-refractivity contribution in [1.82, 2.24) is 0 Å². The van der Waals surface area contributed by atoms with Crippen LogP contribution in [0.15, 0.2) is 164 Å². The van der Waals surface area contributed by atoms with Gasteiger partial charge in [0.1, 0.15) is 22.9 Å². The number of rotatable bonds is 16. The van der Waals surface area contributed by atoms with Crippen molar-refractivity contribution in [3.63, 3.8) is 0 Å². The van der Waals surface area contributed by atoms with Gasteiger partial charge in [0.25, 0.3) is 0 Å². The van der Waals surface area contributed by atoms with E-state index in [1.807, 2.05) is 60.7 Å². The fourth-order valence-corrected chi connectivity index (χ4v) is 13.4. The fraction of sp³-hybridized carbons (Fsp3) is 0.306. The average Bonchev–Trinajstić information content (AvgIpc) is 4.10. The van der Waals surface area contributed by atoms with E-state index in [0.717, 1.165) is 85.5 Å². The summed E-state index contributed by atoms with van der Waals surface area (Å²) in [6, 6.07) is 49.8. The molecule has 4 aliphatic rings. The summed E-state index contributed by atoms with van der Waals surface area (Å²) in [6.07, 6.45) is 18.7. The Labute approximate surface area is 475 Å². The molecular formula is C72H70FNO7. The van der Waals surface area contributed by atoms with Gasteiger partial charge in [-0.25, -0.2) is 14.0 Å². The first-order chi connectivity index (χ1) is 39.6. The molecule has 0 amide bonds. The lowest BCUT2D eigenvalue weighted by atomic mass is 9.77. The first-order valence-corrected chi connectivity index (χ1v) is 29.3. The molecule has 1 saturated carbocycles. The molecule has 9 heteroatoms. The summed E-state index contributed by atoms with van der Waals surface area (Å²) in [4.78, 5) is 30.0. The third-order valence-electron chi connectivity index (χ3n) is 17.9. The number of methoxy groups -OCH3 is 2. The van der Waals surface area contributed by atoms with Crippen LogP contribution in [-0.2, 0) is 15.9 Å². The number of fused-ring (bicyclic) bond motifs is 8. The predicted molar refractivity (Wildman–Crippen MR) is 320 cm³/mol. The van der Waals surface area contributed by atoms with Crippen LogP contribution in [0.25, 0.3) is 39.1 Å². The Morgan fingerprint density at radius 3 is 1.95 bits per heavy atom. The van der Waals surface area contributed by atoms with Crippen LogP contribution in [0.1, 0.15) is 151 Å². The summed E-state index contributed by atoms with van der Waals surface area (Å²) in [6.45, 7) is 6.43. The van der Waals surface area contributed by atoms with Gasteiger partial charge in [0.05, 0.1) is 18.2 Å². The first kappa shape index (κ1) is 53.6. The Morgan fingerprint density at radius 1 is 0.667 bits per heavy atom. The summed E-state index contributed by atoms with van der Waals surface area (Å²) in [5.41, 5.74) is 9.57. The Hall–Kier alpha value is -8.01. The van der Waals surface area contributed by atoms with Gasteiger partial charge < -0.3 is 28.6 Å². The van der Waals surface area contributed by atoms with Gasteiger partial charge in [-0.3, -0.25) is 0 Å². The number of halogens is 1. The second kappa shape index (κ2) is 22.9. The van der Waals surface area contributed by atoms with Crippen LogP contribution < -0.4 is 23.8 Å². The van der Waals surface area contributed by atoms with Crippen LogP contribution in [-0.4, -0.2) is 39.2 Å². The van der Waals surface area contributed by atoms with Crippen molar-refractivity contribution in [3.05, 3.63) is 214 Å². The van der Waals surface area contributed by atoms with Crippen molar-refractivity contribution < 1.29 is 37.7 Å². The zero-order chi connectivity index (χ0) is 55.7. The molecule has 8 aromatic carbocycles. The number of ether oxygens (including phenoxy) is 5. The van der Waals surface area contributed by atoms with Crippen molar-refractivity contribution >= 4 is 34.5 Å². The van der Waals surface area contributed by atoms with Crippen LogP contribution in [0.2, 0.25) is 0 Å². The third kappa shape index (κ3) is 10.1. The number of hydrogen-bond acceptors (Lipinski definition) is 8. The summed E-state index contributed by atoms with van der Waals surface area (Å²) < 4.78 is 47.2. The molecule has 2 aliphatic heterocycles. The van der Waals surface area contributed by atoms with E-state index >= 15 is 0 Å². The zero-order valence-electron chi connectivity index (χ0n) is 46.9. The molecular weight excluding hydrogens is 1010 g/mol. The lowest BCUT2D eigenvalue weighted by molar-refractivity contribution is 0.0219. The highest BCUT2D eigenvalue weighted by Crippen LogP contribution is 2.60. The Balaban J connectivity index is 0.818. The maximum Gasteiger partial charge on any atom is 0.343 e. The molecule has 0 spiro atoms. The van der Waals surface area contributed by atoms with Gasteiger partial charge in [0.15, 0.2) is 17.1 Å². The molecule has 0 bridgehead atoms. The molecule has 0 N–H and O–H groups in total. The zero-order valence-corrected chi connectivity index (χ0v) is 46.9. The molecule has 0 aromatic heterocycles. The molecule has 2 atom stereocenters. The van der Waals surface area contributed by atoms with Gasteiger partial charge in [-0.2, -0.15) is 0 Å². The highest BCUT2D eigenvalue weighted by atomic mass is 19.1. The lowest BCUT2D eigenvalue weighted by Gasteiger charge is -2.39. The molecule has 8 nitrogen and oxygen atoms in total. The number of piperidine rings is 1. The van der Waals surface area contributed by atoms with Crippen molar-refractivity contribution in [1.29, 1.82) is 0 Å². The van der Waals surface area contributed by atoms with Crippen LogP contribution in [0.5, 0.6) is 23.0 Å².